The van der Waals surface area contributed by atoms with Gasteiger partial charge in [0.25, 0.3) is 0 Å². The van der Waals surface area contributed by atoms with Crippen molar-refractivity contribution in [2.45, 2.75) is 32.9 Å². The van der Waals surface area contributed by atoms with Crippen molar-refractivity contribution in [1.82, 2.24) is 20.1 Å². The maximum Gasteiger partial charge on any atom is 0.243 e. The van der Waals surface area contributed by atoms with Crippen molar-refractivity contribution in [3.63, 3.8) is 0 Å². The number of nitrogens with zero attached hydrogens (tertiary/aromatic N) is 3. The van der Waals surface area contributed by atoms with Crippen LogP contribution in [-0.4, -0.2) is 38.9 Å². The third-order valence-electron chi connectivity index (χ3n) is 4.55. The van der Waals surface area contributed by atoms with Gasteiger partial charge in [-0.15, -0.1) is 10.2 Å². The van der Waals surface area contributed by atoms with Crippen molar-refractivity contribution < 1.29 is 9.59 Å². The van der Waals surface area contributed by atoms with E-state index in [0.717, 1.165) is 33.6 Å². The molecule has 1 aromatic heterocycles. The number of carbonyl (C=O) groups excluding carboxylic acids is 2. The number of anilines is 1. The summed E-state index contributed by atoms with van der Waals surface area (Å²) < 4.78 is 1.83. The first-order valence-corrected chi connectivity index (χ1v) is 10.6. The zero-order chi connectivity index (χ0) is 21.7. The number of hydrogen-bond acceptors (Lipinski definition) is 5. The first-order chi connectivity index (χ1) is 14.3. The zero-order valence-electron chi connectivity index (χ0n) is 17.5. The highest BCUT2D eigenvalue weighted by Gasteiger charge is 2.12. The summed E-state index contributed by atoms with van der Waals surface area (Å²) in [6, 6.07) is 12.0. The number of amides is 2. The van der Waals surface area contributed by atoms with Crippen LogP contribution in [0.25, 0.3) is 5.69 Å². The predicted molar refractivity (Wildman–Crippen MR) is 119 cm³/mol. The van der Waals surface area contributed by atoms with E-state index in [1.807, 2.05) is 68.7 Å². The molecule has 0 aliphatic rings. The summed E-state index contributed by atoms with van der Waals surface area (Å²) in [6.07, 6.45) is 1.62. The lowest BCUT2D eigenvalue weighted by Crippen LogP contribution is -2.34. The molecule has 0 fully saturated rings. The Labute approximate surface area is 180 Å². The van der Waals surface area contributed by atoms with Gasteiger partial charge in [-0.2, -0.15) is 0 Å². The molecular weight excluding hydrogens is 398 g/mol. The molecule has 3 aromatic rings. The Kier molecular flexibility index (Phi) is 6.89. The number of benzene rings is 2. The van der Waals surface area contributed by atoms with Gasteiger partial charge in [-0.05, 0) is 51.0 Å². The van der Waals surface area contributed by atoms with E-state index in [1.54, 1.807) is 6.33 Å². The Balaban J connectivity index is 1.51. The Hall–Kier alpha value is -3.13. The molecule has 156 valence electrons. The summed E-state index contributed by atoms with van der Waals surface area (Å²) in [7, 11) is 0. The molecule has 0 saturated heterocycles. The molecule has 0 aliphatic carbocycles. The van der Waals surface area contributed by atoms with Gasteiger partial charge in [0.1, 0.15) is 6.33 Å². The lowest BCUT2D eigenvalue weighted by atomic mass is 10.1. The summed E-state index contributed by atoms with van der Waals surface area (Å²) in [5.74, 6) is -0.363. The van der Waals surface area contributed by atoms with E-state index in [9.17, 15) is 9.59 Å². The second-order valence-electron chi connectivity index (χ2n) is 7.21. The monoisotopic (exact) mass is 423 g/mol. The minimum Gasteiger partial charge on any atom is -0.346 e. The average molecular weight is 424 g/mol. The number of rotatable bonds is 7. The van der Waals surface area contributed by atoms with Gasteiger partial charge >= 0.3 is 0 Å². The predicted octanol–water partition coefficient (Wildman–Crippen LogP) is 3.35. The van der Waals surface area contributed by atoms with Crippen LogP contribution in [0, 0.1) is 27.7 Å². The molecule has 2 amide bonds. The Morgan fingerprint density at radius 3 is 2.30 bits per heavy atom. The van der Waals surface area contributed by atoms with E-state index in [2.05, 4.69) is 20.8 Å². The van der Waals surface area contributed by atoms with Crippen LogP contribution < -0.4 is 10.6 Å². The van der Waals surface area contributed by atoms with Gasteiger partial charge in [-0.3, -0.25) is 14.2 Å². The van der Waals surface area contributed by atoms with E-state index in [0.29, 0.717) is 5.16 Å². The molecule has 0 radical (unpaired) electrons. The number of aryl methyl sites for hydroxylation is 4. The van der Waals surface area contributed by atoms with Crippen LogP contribution in [0.15, 0.2) is 47.9 Å². The fourth-order valence-corrected chi connectivity index (χ4v) is 3.88. The SMILES string of the molecule is Cc1ccc(-n2cnnc2SCC(=O)NCC(=O)Nc2c(C)cc(C)cc2C)cc1. The van der Waals surface area contributed by atoms with Crippen molar-refractivity contribution in [3.8, 4) is 5.69 Å². The Morgan fingerprint density at radius 2 is 1.63 bits per heavy atom. The molecular formula is C22H25N5O2S. The van der Waals surface area contributed by atoms with E-state index in [1.165, 1.54) is 11.8 Å². The molecule has 0 aliphatic heterocycles. The summed E-state index contributed by atoms with van der Waals surface area (Å²) >= 11 is 1.27. The first-order valence-electron chi connectivity index (χ1n) is 9.57. The van der Waals surface area contributed by atoms with Crippen molar-refractivity contribution in [3.05, 3.63) is 65.0 Å². The van der Waals surface area contributed by atoms with Crippen LogP contribution in [-0.2, 0) is 9.59 Å². The van der Waals surface area contributed by atoms with Crippen LogP contribution >= 0.6 is 11.8 Å². The summed E-state index contributed by atoms with van der Waals surface area (Å²) in [4.78, 5) is 24.4. The van der Waals surface area contributed by atoms with Crippen molar-refractivity contribution in [2.24, 2.45) is 0 Å². The van der Waals surface area contributed by atoms with Crippen molar-refractivity contribution >= 4 is 29.3 Å². The van der Waals surface area contributed by atoms with E-state index in [4.69, 9.17) is 0 Å². The van der Waals surface area contributed by atoms with Gasteiger partial charge in [0.05, 0.1) is 12.3 Å². The molecule has 2 aromatic carbocycles. The van der Waals surface area contributed by atoms with Gasteiger partial charge in [-0.25, -0.2) is 0 Å². The minimum atomic E-state index is -0.258. The fraction of sp³-hybridized carbons (Fsp3) is 0.273. The second kappa shape index (κ2) is 9.58. The van der Waals surface area contributed by atoms with Gasteiger partial charge in [0.15, 0.2) is 5.16 Å². The van der Waals surface area contributed by atoms with Gasteiger partial charge in [0, 0.05) is 11.4 Å². The van der Waals surface area contributed by atoms with Crippen molar-refractivity contribution in [1.29, 1.82) is 0 Å². The standard InChI is InChI=1S/C22H25N5O2S/c1-14-5-7-18(8-6-14)27-13-24-26-22(27)30-12-20(29)23-11-19(28)25-21-16(3)9-15(2)10-17(21)4/h5-10,13H,11-12H2,1-4H3,(H,23,29)(H,25,28). The molecule has 3 rings (SSSR count). The van der Waals surface area contributed by atoms with Crippen LogP contribution in [0.3, 0.4) is 0 Å². The largest absolute Gasteiger partial charge is 0.346 e. The third-order valence-corrected chi connectivity index (χ3v) is 5.49. The molecule has 7 nitrogen and oxygen atoms in total. The first kappa shape index (κ1) is 21.6. The Bertz CT molecular complexity index is 1040. The molecule has 8 heteroatoms. The van der Waals surface area contributed by atoms with Crippen LogP contribution in [0.4, 0.5) is 5.69 Å². The average Bonchev–Trinajstić information content (AvgIpc) is 3.16. The van der Waals surface area contributed by atoms with E-state index < -0.39 is 0 Å². The zero-order valence-corrected chi connectivity index (χ0v) is 18.3. The lowest BCUT2D eigenvalue weighted by molar-refractivity contribution is -0.122. The number of thioether (sulfide) groups is 1. The number of nitrogens with one attached hydrogen (secondary N) is 2. The quantitative estimate of drug-likeness (QED) is 0.569. The Morgan fingerprint density at radius 1 is 0.967 bits per heavy atom. The van der Waals surface area contributed by atoms with E-state index in [-0.39, 0.29) is 24.1 Å². The highest BCUT2D eigenvalue weighted by Crippen LogP contribution is 2.22. The van der Waals surface area contributed by atoms with Crippen LogP contribution in [0.1, 0.15) is 22.3 Å². The summed E-state index contributed by atoms with van der Waals surface area (Å²) in [6.45, 7) is 7.86. The number of carbonyl (C=O) groups is 2. The van der Waals surface area contributed by atoms with Crippen LogP contribution in [0.2, 0.25) is 0 Å². The minimum absolute atomic E-state index is 0.0865. The maximum atomic E-state index is 12.2. The molecule has 2 N–H and O–H groups in total. The lowest BCUT2D eigenvalue weighted by Gasteiger charge is -2.13. The molecule has 0 saturated carbocycles. The van der Waals surface area contributed by atoms with Crippen molar-refractivity contribution in [2.75, 3.05) is 17.6 Å². The van der Waals surface area contributed by atoms with Gasteiger partial charge in [0.2, 0.25) is 11.8 Å². The third kappa shape index (κ3) is 5.48. The van der Waals surface area contributed by atoms with Gasteiger partial charge < -0.3 is 10.6 Å². The summed E-state index contributed by atoms with van der Waals surface area (Å²) in [5.41, 5.74) is 6.02. The summed E-state index contributed by atoms with van der Waals surface area (Å²) in [5, 5.41) is 14.2. The molecule has 0 atom stereocenters. The number of hydrogen-bond donors (Lipinski definition) is 2. The molecule has 1 heterocycles. The molecule has 0 spiro atoms. The van der Waals surface area contributed by atoms with E-state index >= 15 is 0 Å². The van der Waals surface area contributed by atoms with Crippen LogP contribution in [0.5, 0.6) is 0 Å². The molecule has 0 unspecified atom stereocenters. The van der Waals surface area contributed by atoms with Gasteiger partial charge in [-0.1, -0.05) is 47.2 Å². The molecule has 0 bridgehead atoms. The highest BCUT2D eigenvalue weighted by atomic mass is 32.2. The number of aromatic nitrogens is 3. The topological polar surface area (TPSA) is 88.9 Å². The smallest absolute Gasteiger partial charge is 0.243 e. The second-order valence-corrected chi connectivity index (χ2v) is 8.15. The highest BCUT2D eigenvalue weighted by molar-refractivity contribution is 7.99. The molecule has 30 heavy (non-hydrogen) atoms. The fourth-order valence-electron chi connectivity index (χ4n) is 3.13. The normalized spacial score (nSPS) is 10.7. The maximum absolute atomic E-state index is 12.2.